The van der Waals surface area contributed by atoms with Crippen molar-refractivity contribution in [3.63, 3.8) is 0 Å². The van der Waals surface area contributed by atoms with E-state index in [9.17, 15) is 0 Å². The number of nitrogens with zero attached hydrogens (tertiary/aromatic N) is 5. The zero-order valence-electron chi connectivity index (χ0n) is 16.0. The molecule has 0 fully saturated rings. The first-order chi connectivity index (χ1) is 13.8. The van der Waals surface area contributed by atoms with Gasteiger partial charge in [0.15, 0.2) is 0 Å². The highest BCUT2D eigenvalue weighted by atomic mass is 15.2. The first kappa shape index (κ1) is 17.1. The van der Waals surface area contributed by atoms with Crippen LogP contribution in [-0.2, 0) is 19.5 Å². The van der Waals surface area contributed by atoms with Gasteiger partial charge in [-0.15, -0.1) is 0 Å². The van der Waals surface area contributed by atoms with Gasteiger partial charge in [-0.3, -0.25) is 9.88 Å². The molecular formula is C22H24N6. The van der Waals surface area contributed by atoms with Crippen LogP contribution in [0.25, 0.3) is 10.9 Å². The lowest BCUT2D eigenvalue weighted by atomic mass is 10.00. The normalized spacial score (nSPS) is 17.1. The summed E-state index contributed by atoms with van der Waals surface area (Å²) in [7, 11) is 0. The van der Waals surface area contributed by atoms with Crippen molar-refractivity contribution in [3.8, 4) is 0 Å². The summed E-state index contributed by atoms with van der Waals surface area (Å²) in [6.07, 6.45) is 9.78. The summed E-state index contributed by atoms with van der Waals surface area (Å²) in [6, 6.07) is 10.6. The Bertz CT molecular complexity index is 1090. The van der Waals surface area contributed by atoms with Crippen LogP contribution in [-0.4, -0.2) is 35.9 Å². The van der Waals surface area contributed by atoms with Gasteiger partial charge in [0.2, 0.25) is 0 Å². The number of aryl methyl sites for hydroxylation is 1. The Balaban J connectivity index is 1.57. The Morgan fingerprint density at radius 2 is 2.04 bits per heavy atom. The number of fused-ring (bicyclic) bond motifs is 2. The molecule has 1 atom stereocenters. The molecule has 6 nitrogen and oxygen atoms in total. The molecule has 4 heterocycles. The van der Waals surface area contributed by atoms with Crippen molar-refractivity contribution in [2.45, 2.75) is 38.9 Å². The summed E-state index contributed by atoms with van der Waals surface area (Å²) in [4.78, 5) is 19.8. The lowest BCUT2D eigenvalue weighted by Crippen LogP contribution is -2.37. The molecule has 4 aromatic rings. The number of H-pyrrole nitrogens is 1. The SMILES string of the molecule is CCCn1ccnc1[C@@H]1c2nc[nH]c2CCN1Cc1ccnc2ccccc12. The highest BCUT2D eigenvalue weighted by Gasteiger charge is 2.34. The fourth-order valence-corrected chi connectivity index (χ4v) is 4.29. The third kappa shape index (κ3) is 2.90. The van der Waals surface area contributed by atoms with Gasteiger partial charge in [-0.05, 0) is 24.1 Å². The van der Waals surface area contributed by atoms with E-state index in [0.717, 1.165) is 49.5 Å². The number of nitrogens with one attached hydrogen (secondary N) is 1. The van der Waals surface area contributed by atoms with Crippen LogP contribution in [0.2, 0.25) is 0 Å². The summed E-state index contributed by atoms with van der Waals surface area (Å²) < 4.78 is 2.27. The number of hydrogen-bond donors (Lipinski definition) is 1. The molecule has 28 heavy (non-hydrogen) atoms. The monoisotopic (exact) mass is 372 g/mol. The van der Waals surface area contributed by atoms with Crippen LogP contribution >= 0.6 is 0 Å². The minimum Gasteiger partial charge on any atom is -0.348 e. The molecule has 5 rings (SSSR count). The minimum atomic E-state index is 0.0588. The maximum absolute atomic E-state index is 4.75. The van der Waals surface area contributed by atoms with Gasteiger partial charge in [-0.25, -0.2) is 9.97 Å². The van der Waals surface area contributed by atoms with Gasteiger partial charge in [-0.1, -0.05) is 25.1 Å². The molecule has 1 aromatic carbocycles. The fraction of sp³-hybridized carbons (Fsp3) is 0.318. The van der Waals surface area contributed by atoms with Crippen LogP contribution in [0.5, 0.6) is 0 Å². The Kier molecular flexibility index (Phi) is 4.41. The summed E-state index contributed by atoms with van der Waals surface area (Å²) in [5.41, 5.74) is 4.67. The molecule has 6 heteroatoms. The smallest absolute Gasteiger partial charge is 0.132 e. The summed E-state index contributed by atoms with van der Waals surface area (Å²) in [5.74, 6) is 1.08. The molecule has 0 saturated heterocycles. The first-order valence-electron chi connectivity index (χ1n) is 9.95. The minimum absolute atomic E-state index is 0.0588. The van der Waals surface area contributed by atoms with Crippen molar-refractivity contribution in [2.75, 3.05) is 6.54 Å². The highest BCUT2D eigenvalue weighted by Crippen LogP contribution is 2.34. The van der Waals surface area contributed by atoms with E-state index in [1.54, 1.807) is 0 Å². The van der Waals surface area contributed by atoms with Crippen LogP contribution in [0.1, 0.15) is 42.2 Å². The largest absolute Gasteiger partial charge is 0.348 e. The number of benzene rings is 1. The van der Waals surface area contributed by atoms with Gasteiger partial charge in [0, 0.05) is 55.7 Å². The maximum Gasteiger partial charge on any atom is 0.132 e. The van der Waals surface area contributed by atoms with Gasteiger partial charge in [-0.2, -0.15) is 0 Å². The van der Waals surface area contributed by atoms with Crippen molar-refractivity contribution in [2.24, 2.45) is 0 Å². The molecule has 0 aliphatic carbocycles. The number of hydrogen-bond acceptors (Lipinski definition) is 4. The second-order valence-corrected chi connectivity index (χ2v) is 7.36. The molecule has 0 spiro atoms. The fourth-order valence-electron chi connectivity index (χ4n) is 4.29. The second kappa shape index (κ2) is 7.20. The molecule has 0 amide bonds. The van der Waals surface area contributed by atoms with E-state index in [-0.39, 0.29) is 6.04 Å². The third-order valence-corrected chi connectivity index (χ3v) is 5.59. The molecule has 0 saturated carbocycles. The predicted molar refractivity (Wildman–Crippen MR) is 109 cm³/mol. The van der Waals surface area contributed by atoms with Crippen molar-refractivity contribution >= 4 is 10.9 Å². The Morgan fingerprint density at radius 3 is 2.96 bits per heavy atom. The highest BCUT2D eigenvalue weighted by molar-refractivity contribution is 5.81. The van der Waals surface area contributed by atoms with E-state index < -0.39 is 0 Å². The number of aromatic nitrogens is 5. The molecular weight excluding hydrogens is 348 g/mol. The van der Waals surface area contributed by atoms with E-state index in [1.807, 2.05) is 24.8 Å². The van der Waals surface area contributed by atoms with Gasteiger partial charge in [0.25, 0.3) is 0 Å². The number of imidazole rings is 2. The van der Waals surface area contributed by atoms with Crippen LogP contribution in [0.3, 0.4) is 0 Å². The summed E-state index contributed by atoms with van der Waals surface area (Å²) in [6.45, 7) is 4.98. The Labute approximate surface area is 164 Å². The van der Waals surface area contributed by atoms with Crippen LogP contribution in [0.15, 0.2) is 55.2 Å². The van der Waals surface area contributed by atoms with Crippen molar-refractivity contribution in [3.05, 3.63) is 78.0 Å². The Morgan fingerprint density at radius 1 is 1.11 bits per heavy atom. The Hall–Kier alpha value is -2.99. The lowest BCUT2D eigenvalue weighted by molar-refractivity contribution is 0.190. The average molecular weight is 372 g/mol. The van der Waals surface area contributed by atoms with E-state index in [4.69, 9.17) is 4.98 Å². The van der Waals surface area contributed by atoms with Crippen molar-refractivity contribution in [1.82, 2.24) is 29.4 Å². The quantitative estimate of drug-likeness (QED) is 0.580. The second-order valence-electron chi connectivity index (χ2n) is 7.36. The molecule has 142 valence electrons. The molecule has 1 N–H and O–H groups in total. The standard InChI is InChI=1S/C22H24N6/c1-2-11-27-13-10-24-22(27)21-20-19(25-15-26-20)8-12-28(21)14-16-7-9-23-18-6-4-3-5-17(16)18/h3-7,9-10,13,15,21H,2,8,11-12,14H2,1H3,(H,25,26)/t21-/m0/s1. The van der Waals surface area contributed by atoms with Crippen molar-refractivity contribution < 1.29 is 0 Å². The van der Waals surface area contributed by atoms with Gasteiger partial charge in [0.05, 0.1) is 17.5 Å². The zero-order chi connectivity index (χ0) is 18.9. The predicted octanol–water partition coefficient (Wildman–Crippen LogP) is 3.71. The van der Waals surface area contributed by atoms with E-state index in [2.05, 4.69) is 61.8 Å². The number of pyridine rings is 1. The summed E-state index contributed by atoms with van der Waals surface area (Å²) >= 11 is 0. The van der Waals surface area contributed by atoms with Crippen LogP contribution < -0.4 is 0 Å². The van der Waals surface area contributed by atoms with Gasteiger partial charge >= 0.3 is 0 Å². The molecule has 0 unspecified atom stereocenters. The number of rotatable bonds is 5. The topological polar surface area (TPSA) is 62.6 Å². The third-order valence-electron chi connectivity index (χ3n) is 5.59. The van der Waals surface area contributed by atoms with Crippen LogP contribution in [0.4, 0.5) is 0 Å². The van der Waals surface area contributed by atoms with Crippen LogP contribution in [0, 0.1) is 0 Å². The van der Waals surface area contributed by atoms with E-state index in [0.29, 0.717) is 0 Å². The average Bonchev–Trinajstić information content (AvgIpc) is 3.38. The van der Waals surface area contributed by atoms with Crippen molar-refractivity contribution in [1.29, 1.82) is 0 Å². The first-order valence-corrected chi connectivity index (χ1v) is 9.95. The number of para-hydroxylation sites is 1. The maximum atomic E-state index is 4.75. The van der Waals surface area contributed by atoms with Gasteiger partial charge in [0.1, 0.15) is 11.9 Å². The molecule has 0 radical (unpaired) electrons. The van der Waals surface area contributed by atoms with Gasteiger partial charge < -0.3 is 9.55 Å². The molecule has 1 aliphatic heterocycles. The van der Waals surface area contributed by atoms with E-state index >= 15 is 0 Å². The molecule has 0 bridgehead atoms. The molecule has 3 aromatic heterocycles. The lowest BCUT2D eigenvalue weighted by Gasteiger charge is -2.35. The zero-order valence-corrected chi connectivity index (χ0v) is 16.0. The summed E-state index contributed by atoms with van der Waals surface area (Å²) in [5, 5.41) is 1.22. The molecule has 1 aliphatic rings. The number of aromatic amines is 1. The van der Waals surface area contributed by atoms with E-state index in [1.165, 1.54) is 16.6 Å².